The lowest BCUT2D eigenvalue weighted by Gasteiger charge is -1.95. The van der Waals surface area contributed by atoms with E-state index in [0.29, 0.717) is 0 Å². The van der Waals surface area contributed by atoms with Crippen molar-refractivity contribution >= 4 is 11.9 Å². The zero-order valence-corrected chi connectivity index (χ0v) is 12.2. The van der Waals surface area contributed by atoms with E-state index in [-0.39, 0.29) is 0 Å². The van der Waals surface area contributed by atoms with Crippen LogP contribution in [-0.2, 0) is 14.3 Å². The second-order valence-electron chi connectivity index (χ2n) is 4.54. The van der Waals surface area contributed by atoms with Crippen LogP contribution in [0.25, 0.3) is 0 Å². The number of ether oxygens (including phenoxy) is 1. The molecule has 0 saturated carbocycles. The van der Waals surface area contributed by atoms with Crippen molar-refractivity contribution in [2.75, 3.05) is 0 Å². The molecule has 0 spiro atoms. The maximum absolute atomic E-state index is 11.3. The van der Waals surface area contributed by atoms with Gasteiger partial charge in [0.25, 0.3) is 0 Å². The predicted molar refractivity (Wildman–Crippen MR) is 77.7 cm³/mol. The Hall–Kier alpha value is -1.38. The molecule has 0 N–H and O–H groups in total. The van der Waals surface area contributed by atoms with Crippen LogP contribution in [0, 0.1) is 0 Å². The molecule has 0 aromatic rings. The highest BCUT2D eigenvalue weighted by Crippen LogP contribution is 2.01. The third-order valence-corrected chi connectivity index (χ3v) is 2.66. The predicted octanol–water partition coefficient (Wildman–Crippen LogP) is 4.33. The monoisotopic (exact) mass is 266 g/mol. The van der Waals surface area contributed by atoms with Crippen molar-refractivity contribution in [3.8, 4) is 0 Å². The molecule has 108 valence electrons. The van der Waals surface area contributed by atoms with Gasteiger partial charge in [0, 0.05) is 12.2 Å². The van der Waals surface area contributed by atoms with Crippen molar-refractivity contribution in [1.82, 2.24) is 0 Å². The molecule has 0 rings (SSSR count). The molecule has 19 heavy (non-hydrogen) atoms. The molecule has 0 bridgehead atoms. The van der Waals surface area contributed by atoms with Crippen molar-refractivity contribution in [2.45, 2.75) is 65.2 Å². The fourth-order valence-electron chi connectivity index (χ4n) is 1.55. The molecule has 0 aliphatic rings. The average Bonchev–Trinajstić information content (AvgIpc) is 2.38. The van der Waals surface area contributed by atoms with Crippen molar-refractivity contribution in [3.05, 3.63) is 24.3 Å². The fraction of sp³-hybridized carbons (Fsp3) is 0.625. The normalized spacial score (nSPS) is 11.3. The van der Waals surface area contributed by atoms with E-state index >= 15 is 0 Å². The Morgan fingerprint density at radius 2 is 1.21 bits per heavy atom. The Kier molecular flexibility index (Phi) is 12.1. The summed E-state index contributed by atoms with van der Waals surface area (Å²) in [6, 6.07) is 0. The molecule has 0 aliphatic carbocycles. The van der Waals surface area contributed by atoms with Gasteiger partial charge in [0.05, 0.1) is 0 Å². The van der Waals surface area contributed by atoms with Crippen molar-refractivity contribution in [1.29, 1.82) is 0 Å². The highest BCUT2D eigenvalue weighted by Gasteiger charge is 2.02. The first kappa shape index (κ1) is 17.6. The lowest BCUT2D eigenvalue weighted by atomic mass is 10.2. The third-order valence-electron chi connectivity index (χ3n) is 2.66. The minimum absolute atomic E-state index is 0.584. The van der Waals surface area contributed by atoms with Gasteiger partial charge in [-0.15, -0.1) is 0 Å². The molecule has 3 nitrogen and oxygen atoms in total. The van der Waals surface area contributed by atoms with Gasteiger partial charge >= 0.3 is 11.9 Å². The molecular formula is C16H26O3. The summed E-state index contributed by atoms with van der Waals surface area (Å²) in [5.74, 6) is -1.17. The molecule has 0 fully saturated rings. The van der Waals surface area contributed by atoms with Gasteiger partial charge in [-0.05, 0) is 25.7 Å². The maximum Gasteiger partial charge on any atom is 0.338 e. The van der Waals surface area contributed by atoms with Gasteiger partial charge in [0.2, 0.25) is 0 Å². The van der Waals surface area contributed by atoms with E-state index in [1.807, 2.05) is 0 Å². The first-order valence-corrected chi connectivity index (χ1v) is 7.29. The summed E-state index contributed by atoms with van der Waals surface area (Å²) in [4.78, 5) is 22.5. The molecule has 0 aliphatic heterocycles. The Morgan fingerprint density at radius 1 is 0.789 bits per heavy atom. The van der Waals surface area contributed by atoms with E-state index in [1.54, 1.807) is 12.2 Å². The van der Waals surface area contributed by atoms with E-state index in [0.717, 1.165) is 51.4 Å². The Balaban J connectivity index is 3.71. The topological polar surface area (TPSA) is 43.4 Å². The van der Waals surface area contributed by atoms with Gasteiger partial charge in [-0.3, -0.25) is 0 Å². The number of esters is 2. The largest absolute Gasteiger partial charge is 0.387 e. The number of unbranched alkanes of at least 4 members (excludes halogenated alkanes) is 6. The van der Waals surface area contributed by atoms with E-state index in [4.69, 9.17) is 0 Å². The lowest BCUT2D eigenvalue weighted by molar-refractivity contribution is -0.152. The van der Waals surface area contributed by atoms with Crippen LogP contribution < -0.4 is 0 Å². The second kappa shape index (κ2) is 13.1. The standard InChI is InChI=1S/C16H26O3/c1-3-5-7-9-11-13-15(17)19-16(18)14-12-10-8-6-4-2/h11-14H,3-10H2,1-2H3. The maximum atomic E-state index is 11.3. The smallest absolute Gasteiger partial charge is 0.338 e. The van der Waals surface area contributed by atoms with Crippen LogP contribution in [0.1, 0.15) is 65.2 Å². The summed E-state index contributed by atoms with van der Waals surface area (Å²) in [6.07, 6.45) is 14.6. The first-order valence-electron chi connectivity index (χ1n) is 7.29. The SMILES string of the molecule is CCCCCC=CC(=O)OC(=O)C=CCCCCC. The molecule has 0 amide bonds. The van der Waals surface area contributed by atoms with Crippen LogP contribution in [0.2, 0.25) is 0 Å². The Labute approximate surface area is 116 Å². The molecule has 0 atom stereocenters. The Bertz CT molecular complexity index is 273. The molecule has 0 saturated heterocycles. The molecule has 0 heterocycles. The van der Waals surface area contributed by atoms with E-state index in [9.17, 15) is 9.59 Å². The van der Waals surface area contributed by atoms with Crippen molar-refractivity contribution < 1.29 is 14.3 Å². The molecule has 0 aromatic heterocycles. The molecular weight excluding hydrogens is 240 g/mol. The Morgan fingerprint density at radius 3 is 1.58 bits per heavy atom. The summed E-state index contributed by atoms with van der Waals surface area (Å²) in [6.45, 7) is 4.26. The second-order valence-corrected chi connectivity index (χ2v) is 4.54. The molecule has 0 aromatic carbocycles. The number of carbonyl (C=O) groups excluding carboxylic acids is 2. The summed E-state index contributed by atoms with van der Waals surface area (Å²) in [5, 5.41) is 0. The summed E-state index contributed by atoms with van der Waals surface area (Å²) >= 11 is 0. The molecule has 0 unspecified atom stereocenters. The molecule has 0 radical (unpaired) electrons. The third kappa shape index (κ3) is 12.9. The van der Waals surface area contributed by atoms with E-state index in [2.05, 4.69) is 18.6 Å². The van der Waals surface area contributed by atoms with Crippen LogP contribution in [0.5, 0.6) is 0 Å². The van der Waals surface area contributed by atoms with Crippen LogP contribution in [0.15, 0.2) is 24.3 Å². The van der Waals surface area contributed by atoms with Gasteiger partial charge in [-0.1, -0.05) is 51.7 Å². The van der Waals surface area contributed by atoms with E-state index < -0.39 is 11.9 Å². The van der Waals surface area contributed by atoms with E-state index in [1.165, 1.54) is 12.2 Å². The number of hydrogen-bond acceptors (Lipinski definition) is 3. The van der Waals surface area contributed by atoms with Gasteiger partial charge in [-0.25, -0.2) is 9.59 Å². The van der Waals surface area contributed by atoms with Crippen molar-refractivity contribution in [2.24, 2.45) is 0 Å². The quantitative estimate of drug-likeness (QED) is 0.256. The summed E-state index contributed by atoms with van der Waals surface area (Å²) in [7, 11) is 0. The number of hydrogen-bond donors (Lipinski definition) is 0. The lowest BCUT2D eigenvalue weighted by Crippen LogP contribution is -2.06. The number of carbonyl (C=O) groups is 2. The van der Waals surface area contributed by atoms with Gasteiger partial charge in [0.1, 0.15) is 0 Å². The summed E-state index contributed by atoms with van der Waals surface area (Å²) in [5.41, 5.74) is 0. The molecule has 3 heteroatoms. The highest BCUT2D eigenvalue weighted by atomic mass is 16.6. The number of rotatable bonds is 10. The zero-order chi connectivity index (χ0) is 14.3. The first-order chi connectivity index (χ1) is 9.20. The highest BCUT2D eigenvalue weighted by molar-refractivity contribution is 5.96. The summed E-state index contributed by atoms with van der Waals surface area (Å²) < 4.78 is 4.61. The van der Waals surface area contributed by atoms with Gasteiger partial charge in [-0.2, -0.15) is 0 Å². The van der Waals surface area contributed by atoms with Crippen molar-refractivity contribution in [3.63, 3.8) is 0 Å². The van der Waals surface area contributed by atoms with Crippen LogP contribution in [0.3, 0.4) is 0 Å². The van der Waals surface area contributed by atoms with Gasteiger partial charge < -0.3 is 4.74 Å². The average molecular weight is 266 g/mol. The van der Waals surface area contributed by atoms with Gasteiger partial charge in [0.15, 0.2) is 0 Å². The fourth-order valence-corrected chi connectivity index (χ4v) is 1.55. The zero-order valence-electron chi connectivity index (χ0n) is 12.2. The van der Waals surface area contributed by atoms with Crippen LogP contribution in [0.4, 0.5) is 0 Å². The minimum Gasteiger partial charge on any atom is -0.387 e. The van der Waals surface area contributed by atoms with Crippen LogP contribution in [-0.4, -0.2) is 11.9 Å². The minimum atomic E-state index is -0.584. The number of allylic oxidation sites excluding steroid dienone is 2. The van der Waals surface area contributed by atoms with Crippen LogP contribution >= 0.6 is 0 Å².